The molecule has 0 fully saturated rings. The van der Waals surface area contributed by atoms with Crippen LogP contribution in [0.25, 0.3) is 0 Å². The average molecular weight is 261 g/mol. The van der Waals surface area contributed by atoms with E-state index in [-0.39, 0.29) is 0 Å². The van der Waals surface area contributed by atoms with Crippen LogP contribution in [-0.4, -0.2) is 15.0 Å². The Bertz CT molecular complexity index is 526. The van der Waals surface area contributed by atoms with E-state index in [0.717, 1.165) is 16.8 Å². The highest BCUT2D eigenvalue weighted by Gasteiger charge is 2.02. The molecule has 0 aromatic heterocycles. The predicted octanol–water partition coefficient (Wildman–Crippen LogP) is 2.19. The molecule has 18 heavy (non-hydrogen) atoms. The molecule has 0 bridgehead atoms. The van der Waals surface area contributed by atoms with Crippen LogP contribution in [0.5, 0.6) is 11.5 Å². The third-order valence-electron chi connectivity index (χ3n) is 2.64. The lowest BCUT2D eigenvalue weighted by atomic mass is 9.97. The van der Waals surface area contributed by atoms with Crippen molar-refractivity contribution in [3.8, 4) is 11.5 Å². The maximum atomic E-state index is 6.10. The lowest BCUT2D eigenvalue weighted by Gasteiger charge is -2.09. The van der Waals surface area contributed by atoms with E-state index in [0.29, 0.717) is 17.4 Å². The van der Waals surface area contributed by atoms with Crippen LogP contribution in [0.4, 0.5) is 0 Å². The highest BCUT2D eigenvalue weighted by molar-refractivity contribution is 6.37. The minimum Gasteiger partial charge on any atom is -0.497 e. The molecule has 0 atom stereocenters. The first-order valence-electron chi connectivity index (χ1n) is 5.71. The van der Waals surface area contributed by atoms with Crippen LogP contribution in [0, 0.1) is 0 Å². The van der Waals surface area contributed by atoms with Crippen LogP contribution in [0.15, 0.2) is 42.5 Å². The predicted molar refractivity (Wildman–Crippen MR) is 77.0 cm³/mol. The van der Waals surface area contributed by atoms with Gasteiger partial charge < -0.3 is 9.47 Å². The fourth-order valence-corrected chi connectivity index (χ4v) is 1.90. The van der Waals surface area contributed by atoms with E-state index >= 15 is 0 Å². The largest absolute Gasteiger partial charge is 0.497 e. The van der Waals surface area contributed by atoms with Gasteiger partial charge in [-0.05, 0) is 29.8 Å². The Morgan fingerprint density at radius 2 is 1.83 bits per heavy atom. The fourth-order valence-electron chi connectivity index (χ4n) is 1.61. The minimum atomic E-state index is 0.493. The summed E-state index contributed by atoms with van der Waals surface area (Å²) in [5.41, 5.74) is 2.20. The van der Waals surface area contributed by atoms with Gasteiger partial charge in [0.05, 0.1) is 12.1 Å². The van der Waals surface area contributed by atoms with Gasteiger partial charge in [-0.15, -0.1) is 0 Å². The maximum absolute atomic E-state index is 6.10. The third kappa shape index (κ3) is 3.20. The second-order valence-electron chi connectivity index (χ2n) is 4.07. The Balaban J connectivity index is 2.02. The molecule has 0 unspecified atom stereocenters. The van der Waals surface area contributed by atoms with Crippen molar-refractivity contribution in [2.45, 2.75) is 6.61 Å². The van der Waals surface area contributed by atoms with Crippen molar-refractivity contribution in [1.82, 2.24) is 0 Å². The third-order valence-corrected chi connectivity index (χ3v) is 2.94. The summed E-state index contributed by atoms with van der Waals surface area (Å²) < 4.78 is 10.8. The zero-order valence-electron chi connectivity index (χ0n) is 10.4. The number of methoxy groups -OCH3 is 1. The molecule has 2 rings (SSSR count). The zero-order valence-corrected chi connectivity index (χ0v) is 11.2. The first-order chi connectivity index (χ1) is 8.69. The van der Waals surface area contributed by atoms with Gasteiger partial charge in [0.1, 0.15) is 26.0 Å². The number of benzene rings is 2. The Kier molecular flexibility index (Phi) is 4.16. The summed E-state index contributed by atoms with van der Waals surface area (Å²) in [6.07, 6.45) is 0. The van der Waals surface area contributed by atoms with Gasteiger partial charge in [0.15, 0.2) is 0 Å². The number of ether oxygens (including phenoxy) is 2. The Morgan fingerprint density at radius 3 is 2.44 bits per heavy atom. The number of halogens is 1. The average Bonchev–Trinajstić information content (AvgIpc) is 2.38. The molecule has 0 spiro atoms. The van der Waals surface area contributed by atoms with E-state index in [9.17, 15) is 0 Å². The van der Waals surface area contributed by atoms with Gasteiger partial charge in [0.25, 0.3) is 0 Å². The second-order valence-corrected chi connectivity index (χ2v) is 4.48. The highest BCUT2D eigenvalue weighted by atomic mass is 35.5. The summed E-state index contributed by atoms with van der Waals surface area (Å²) >= 11 is 6.10. The van der Waals surface area contributed by atoms with Crippen molar-refractivity contribution >= 4 is 24.9 Å². The van der Waals surface area contributed by atoms with Gasteiger partial charge in [0, 0.05) is 0 Å². The van der Waals surface area contributed by atoms with Gasteiger partial charge in [-0.1, -0.05) is 35.3 Å². The standard InChI is InChI=1S/C14H14BClO2/c1-17-12-5-2-10(3-6-12)9-18-14-7-4-11(15)8-13(14)16/h2-8H,9,15H2,1H3. The SMILES string of the molecule is Bc1ccc(OCc2ccc(OC)cc2)c(Cl)c1. The Hall–Kier alpha value is -1.61. The quantitative estimate of drug-likeness (QED) is 0.785. The molecule has 92 valence electrons. The van der Waals surface area contributed by atoms with E-state index in [4.69, 9.17) is 21.1 Å². The van der Waals surface area contributed by atoms with Crippen LogP contribution < -0.4 is 14.9 Å². The zero-order chi connectivity index (χ0) is 13.0. The van der Waals surface area contributed by atoms with Crippen LogP contribution in [0.3, 0.4) is 0 Å². The van der Waals surface area contributed by atoms with E-state index in [1.807, 2.05) is 50.3 Å². The first kappa shape index (κ1) is 12.8. The second kappa shape index (κ2) is 5.83. The van der Waals surface area contributed by atoms with Crippen molar-refractivity contribution in [3.05, 3.63) is 53.1 Å². The molecule has 2 nitrogen and oxygen atoms in total. The number of rotatable bonds is 4. The maximum Gasteiger partial charge on any atom is 0.139 e. The van der Waals surface area contributed by atoms with Gasteiger partial charge in [-0.3, -0.25) is 0 Å². The minimum absolute atomic E-state index is 0.493. The molecule has 4 heteroatoms. The molecule has 0 amide bonds. The van der Waals surface area contributed by atoms with Crippen LogP contribution >= 0.6 is 11.6 Å². The lowest BCUT2D eigenvalue weighted by Crippen LogP contribution is -2.02. The molecule has 0 saturated carbocycles. The molecule has 0 aliphatic rings. The molecule has 0 N–H and O–H groups in total. The smallest absolute Gasteiger partial charge is 0.139 e. The monoisotopic (exact) mass is 260 g/mol. The molecule has 0 aliphatic carbocycles. The van der Waals surface area contributed by atoms with Crippen LogP contribution in [-0.2, 0) is 6.61 Å². The first-order valence-corrected chi connectivity index (χ1v) is 6.09. The molecule has 0 aliphatic heterocycles. The normalized spacial score (nSPS) is 10.1. The van der Waals surface area contributed by atoms with E-state index in [1.54, 1.807) is 7.11 Å². The molecule has 2 aromatic carbocycles. The van der Waals surface area contributed by atoms with Crippen LogP contribution in [0.1, 0.15) is 5.56 Å². The fraction of sp³-hybridized carbons (Fsp3) is 0.143. The van der Waals surface area contributed by atoms with Gasteiger partial charge in [0.2, 0.25) is 0 Å². The summed E-state index contributed by atoms with van der Waals surface area (Å²) in [7, 11) is 3.65. The summed E-state index contributed by atoms with van der Waals surface area (Å²) in [4.78, 5) is 0. The van der Waals surface area contributed by atoms with Gasteiger partial charge >= 0.3 is 0 Å². The van der Waals surface area contributed by atoms with E-state index in [2.05, 4.69) is 0 Å². The summed E-state index contributed by atoms with van der Waals surface area (Å²) in [5.74, 6) is 1.55. The number of hydrogen-bond acceptors (Lipinski definition) is 2. The molecule has 2 aromatic rings. The molecule has 0 saturated heterocycles. The van der Waals surface area contributed by atoms with Crippen molar-refractivity contribution in [2.24, 2.45) is 0 Å². The Labute approximate surface area is 113 Å². The van der Waals surface area contributed by atoms with Gasteiger partial charge in [-0.2, -0.15) is 0 Å². The molecule has 0 radical (unpaired) electrons. The molecule has 0 heterocycles. The lowest BCUT2D eigenvalue weighted by molar-refractivity contribution is 0.306. The number of hydrogen-bond donors (Lipinski definition) is 0. The van der Waals surface area contributed by atoms with Crippen molar-refractivity contribution in [3.63, 3.8) is 0 Å². The molecular formula is C14H14BClO2. The molecular weight excluding hydrogens is 246 g/mol. The summed E-state index contributed by atoms with van der Waals surface area (Å²) in [6, 6.07) is 13.5. The summed E-state index contributed by atoms with van der Waals surface area (Å²) in [6.45, 7) is 0.493. The summed E-state index contributed by atoms with van der Waals surface area (Å²) in [5, 5.41) is 0.642. The van der Waals surface area contributed by atoms with Gasteiger partial charge in [-0.25, -0.2) is 0 Å². The van der Waals surface area contributed by atoms with E-state index in [1.165, 1.54) is 0 Å². The highest BCUT2D eigenvalue weighted by Crippen LogP contribution is 2.23. The van der Waals surface area contributed by atoms with Crippen molar-refractivity contribution in [1.29, 1.82) is 0 Å². The van der Waals surface area contributed by atoms with Crippen LogP contribution in [0.2, 0.25) is 5.02 Å². The van der Waals surface area contributed by atoms with E-state index < -0.39 is 0 Å². The van der Waals surface area contributed by atoms with Crippen molar-refractivity contribution < 1.29 is 9.47 Å². The topological polar surface area (TPSA) is 18.5 Å². The van der Waals surface area contributed by atoms with Crippen molar-refractivity contribution in [2.75, 3.05) is 7.11 Å². The Morgan fingerprint density at radius 1 is 1.11 bits per heavy atom.